The minimum Gasteiger partial charge on any atom is -0.365 e. The van der Waals surface area contributed by atoms with E-state index in [1.807, 2.05) is 0 Å². The van der Waals surface area contributed by atoms with Crippen molar-refractivity contribution in [1.82, 2.24) is 19.7 Å². The van der Waals surface area contributed by atoms with Crippen molar-refractivity contribution in [3.63, 3.8) is 0 Å². The second-order valence-electron chi connectivity index (χ2n) is 3.03. The Morgan fingerprint density at radius 2 is 2.29 bits per heavy atom. The highest BCUT2D eigenvalue weighted by Crippen LogP contribution is 2.16. The fourth-order valence-electron chi connectivity index (χ4n) is 1.23. The standard InChI is InChI=1S/C8H6N6O3/c9-7(15)6-1-5(14(16)17)2-11-8(6)13-4-10-3-12-13/h1-4H,(H2,9,15). The van der Waals surface area contributed by atoms with Gasteiger partial charge in [0.05, 0.1) is 10.5 Å². The summed E-state index contributed by atoms with van der Waals surface area (Å²) in [6.45, 7) is 0. The Morgan fingerprint density at radius 3 is 2.82 bits per heavy atom. The Hall–Kier alpha value is -2.84. The lowest BCUT2D eigenvalue weighted by atomic mass is 10.2. The number of amides is 1. The van der Waals surface area contributed by atoms with Crippen LogP contribution in [-0.4, -0.2) is 30.6 Å². The molecule has 0 aliphatic carbocycles. The molecule has 0 unspecified atom stereocenters. The van der Waals surface area contributed by atoms with E-state index in [0.717, 1.165) is 12.3 Å². The Bertz CT molecular complexity index is 579. The summed E-state index contributed by atoms with van der Waals surface area (Å²) in [5.74, 6) is -0.729. The molecule has 0 aliphatic heterocycles. The third kappa shape index (κ3) is 1.93. The molecule has 17 heavy (non-hydrogen) atoms. The van der Waals surface area contributed by atoms with Crippen LogP contribution < -0.4 is 5.73 Å². The van der Waals surface area contributed by atoms with Gasteiger partial charge in [0, 0.05) is 6.07 Å². The Morgan fingerprint density at radius 1 is 1.53 bits per heavy atom. The molecular weight excluding hydrogens is 228 g/mol. The molecule has 0 aromatic carbocycles. The van der Waals surface area contributed by atoms with E-state index in [1.165, 1.54) is 17.3 Å². The molecule has 0 atom stereocenters. The maximum atomic E-state index is 11.2. The van der Waals surface area contributed by atoms with Gasteiger partial charge in [0.25, 0.3) is 11.6 Å². The van der Waals surface area contributed by atoms with Gasteiger partial charge >= 0.3 is 0 Å². The monoisotopic (exact) mass is 234 g/mol. The van der Waals surface area contributed by atoms with Gasteiger partial charge in [-0.15, -0.1) is 0 Å². The average molecular weight is 234 g/mol. The van der Waals surface area contributed by atoms with Crippen LogP contribution in [0.1, 0.15) is 10.4 Å². The van der Waals surface area contributed by atoms with Crippen LogP contribution in [0.3, 0.4) is 0 Å². The summed E-state index contributed by atoms with van der Waals surface area (Å²) < 4.78 is 1.20. The van der Waals surface area contributed by atoms with Crippen LogP contribution >= 0.6 is 0 Å². The third-order valence-electron chi connectivity index (χ3n) is 1.96. The quantitative estimate of drug-likeness (QED) is 0.571. The molecule has 0 aliphatic rings. The number of primary amides is 1. The molecule has 2 heterocycles. The summed E-state index contributed by atoms with van der Waals surface area (Å²) in [6, 6.07) is 1.05. The zero-order valence-corrected chi connectivity index (χ0v) is 8.35. The molecular formula is C8H6N6O3. The van der Waals surface area contributed by atoms with Crippen LogP contribution in [0, 0.1) is 10.1 Å². The number of hydrogen-bond acceptors (Lipinski definition) is 6. The van der Waals surface area contributed by atoms with Crippen LogP contribution in [0.5, 0.6) is 0 Å². The van der Waals surface area contributed by atoms with Gasteiger partial charge in [0.1, 0.15) is 18.9 Å². The maximum absolute atomic E-state index is 11.2. The van der Waals surface area contributed by atoms with Crippen molar-refractivity contribution in [1.29, 1.82) is 0 Å². The van der Waals surface area contributed by atoms with Crippen LogP contribution in [-0.2, 0) is 0 Å². The second-order valence-corrected chi connectivity index (χ2v) is 3.03. The van der Waals surface area contributed by atoms with Gasteiger partial charge < -0.3 is 5.73 Å². The maximum Gasteiger partial charge on any atom is 0.288 e. The lowest BCUT2D eigenvalue weighted by Crippen LogP contribution is -2.16. The molecule has 0 radical (unpaired) electrons. The average Bonchev–Trinajstić information content (AvgIpc) is 2.81. The number of nitrogens with zero attached hydrogens (tertiary/aromatic N) is 5. The number of aromatic nitrogens is 4. The van der Waals surface area contributed by atoms with Crippen molar-refractivity contribution in [3.05, 3.63) is 40.6 Å². The predicted octanol–water partition coefficient (Wildman–Crippen LogP) is -0.331. The third-order valence-corrected chi connectivity index (χ3v) is 1.96. The van der Waals surface area contributed by atoms with Crippen LogP contribution in [0.25, 0.3) is 5.82 Å². The SMILES string of the molecule is NC(=O)c1cc([N+](=O)[O-])cnc1-n1cncn1. The summed E-state index contributed by atoms with van der Waals surface area (Å²) >= 11 is 0. The lowest BCUT2D eigenvalue weighted by molar-refractivity contribution is -0.385. The highest BCUT2D eigenvalue weighted by Gasteiger charge is 2.17. The first-order chi connectivity index (χ1) is 8.09. The molecule has 86 valence electrons. The predicted molar refractivity (Wildman–Crippen MR) is 54.3 cm³/mol. The van der Waals surface area contributed by atoms with Crippen molar-refractivity contribution < 1.29 is 9.72 Å². The Balaban J connectivity index is 2.61. The highest BCUT2D eigenvalue weighted by atomic mass is 16.6. The van der Waals surface area contributed by atoms with Crippen LogP contribution in [0.4, 0.5) is 5.69 Å². The summed E-state index contributed by atoms with van der Waals surface area (Å²) in [5, 5.41) is 14.3. The molecule has 0 saturated heterocycles. The minimum atomic E-state index is -0.827. The van der Waals surface area contributed by atoms with Crippen molar-refractivity contribution >= 4 is 11.6 Å². The number of nitro groups is 1. The molecule has 0 saturated carbocycles. The fraction of sp³-hybridized carbons (Fsp3) is 0. The topological polar surface area (TPSA) is 130 Å². The van der Waals surface area contributed by atoms with Crippen molar-refractivity contribution in [3.8, 4) is 5.82 Å². The van der Waals surface area contributed by atoms with E-state index < -0.39 is 10.8 Å². The van der Waals surface area contributed by atoms with Gasteiger partial charge in [0.2, 0.25) is 0 Å². The van der Waals surface area contributed by atoms with Gasteiger partial charge in [-0.05, 0) is 0 Å². The molecule has 2 N–H and O–H groups in total. The van der Waals surface area contributed by atoms with E-state index in [-0.39, 0.29) is 17.1 Å². The molecule has 2 aromatic rings. The highest BCUT2D eigenvalue weighted by molar-refractivity contribution is 5.96. The minimum absolute atomic E-state index is 0.0929. The molecule has 0 bridgehead atoms. The van der Waals surface area contributed by atoms with Gasteiger partial charge in [-0.25, -0.2) is 14.6 Å². The number of carbonyl (C=O) groups is 1. The molecule has 0 spiro atoms. The van der Waals surface area contributed by atoms with Gasteiger partial charge in [-0.2, -0.15) is 5.10 Å². The first kappa shape index (κ1) is 10.7. The zero-order valence-electron chi connectivity index (χ0n) is 8.35. The zero-order chi connectivity index (χ0) is 12.4. The smallest absolute Gasteiger partial charge is 0.288 e. The number of hydrogen-bond donors (Lipinski definition) is 1. The van der Waals surface area contributed by atoms with Crippen molar-refractivity contribution in [2.75, 3.05) is 0 Å². The number of nitrogens with two attached hydrogens (primary N) is 1. The molecule has 9 heteroatoms. The van der Waals surface area contributed by atoms with Gasteiger partial charge in [-0.3, -0.25) is 14.9 Å². The molecule has 1 amide bonds. The van der Waals surface area contributed by atoms with E-state index in [2.05, 4.69) is 15.1 Å². The fourth-order valence-corrected chi connectivity index (χ4v) is 1.23. The van der Waals surface area contributed by atoms with Crippen LogP contribution in [0.15, 0.2) is 24.9 Å². The molecule has 2 rings (SSSR count). The number of pyridine rings is 1. The summed E-state index contributed by atoms with van der Waals surface area (Å²) in [7, 11) is 0. The van der Waals surface area contributed by atoms with Crippen LogP contribution in [0.2, 0.25) is 0 Å². The van der Waals surface area contributed by atoms with Crippen molar-refractivity contribution in [2.24, 2.45) is 5.73 Å². The number of rotatable bonds is 3. The molecule has 0 fully saturated rings. The van der Waals surface area contributed by atoms with E-state index in [0.29, 0.717) is 0 Å². The lowest BCUT2D eigenvalue weighted by Gasteiger charge is -2.04. The summed E-state index contributed by atoms with van der Waals surface area (Å²) in [6.07, 6.45) is 3.57. The molecule has 2 aromatic heterocycles. The Kier molecular flexibility index (Phi) is 2.49. The second kappa shape index (κ2) is 3.96. The van der Waals surface area contributed by atoms with Gasteiger partial charge in [-0.1, -0.05) is 0 Å². The summed E-state index contributed by atoms with van der Waals surface area (Å²) in [4.78, 5) is 28.5. The van der Waals surface area contributed by atoms with Crippen molar-refractivity contribution in [2.45, 2.75) is 0 Å². The summed E-state index contributed by atoms with van der Waals surface area (Å²) in [5.41, 5.74) is 4.72. The van der Waals surface area contributed by atoms with E-state index in [9.17, 15) is 14.9 Å². The Labute approximate surface area is 94.1 Å². The normalized spacial score (nSPS) is 10.1. The van der Waals surface area contributed by atoms with Gasteiger partial charge in [0.15, 0.2) is 5.82 Å². The van der Waals surface area contributed by atoms with E-state index in [1.54, 1.807) is 0 Å². The van der Waals surface area contributed by atoms with E-state index >= 15 is 0 Å². The first-order valence-corrected chi connectivity index (χ1v) is 4.39. The number of carbonyl (C=O) groups excluding carboxylic acids is 1. The van der Waals surface area contributed by atoms with E-state index in [4.69, 9.17) is 5.73 Å². The molecule has 9 nitrogen and oxygen atoms in total. The first-order valence-electron chi connectivity index (χ1n) is 4.39. The largest absolute Gasteiger partial charge is 0.365 e.